The fourth-order valence-electron chi connectivity index (χ4n) is 3.03. The van der Waals surface area contributed by atoms with Crippen LogP contribution < -0.4 is 0 Å². The third kappa shape index (κ3) is 5.45. The van der Waals surface area contributed by atoms with Crippen molar-refractivity contribution < 1.29 is 13.2 Å². The molecule has 8 heteroatoms. The second-order valence-corrected chi connectivity index (χ2v) is 8.78. The molecule has 1 fully saturated rings. The molecular weight excluding hydrogens is 383 g/mol. The molecule has 0 spiro atoms. The molecule has 1 aliphatic heterocycles. The zero-order valence-electron chi connectivity index (χ0n) is 14.3. The highest BCUT2D eigenvalue weighted by atomic mass is 35.5. The van der Waals surface area contributed by atoms with Gasteiger partial charge in [0.2, 0.25) is 15.9 Å². The van der Waals surface area contributed by atoms with Gasteiger partial charge in [0, 0.05) is 31.8 Å². The summed E-state index contributed by atoms with van der Waals surface area (Å²) in [5.41, 5.74) is 0.798. The van der Waals surface area contributed by atoms with Gasteiger partial charge in [-0.1, -0.05) is 36.2 Å². The number of piperidine rings is 1. The van der Waals surface area contributed by atoms with E-state index in [1.165, 1.54) is 16.6 Å². The first-order chi connectivity index (χ1) is 11.7. The summed E-state index contributed by atoms with van der Waals surface area (Å²) in [5.74, 6) is -0.0908. The highest BCUT2D eigenvalue weighted by Crippen LogP contribution is 2.23. The van der Waals surface area contributed by atoms with Crippen molar-refractivity contribution in [3.63, 3.8) is 0 Å². The van der Waals surface area contributed by atoms with E-state index in [4.69, 9.17) is 23.2 Å². The number of rotatable bonds is 5. The lowest BCUT2D eigenvalue weighted by Crippen LogP contribution is -2.48. The molecule has 2 rings (SSSR count). The standard InChI is InChI=1S/C17H22Cl2N2O3S/c1-3-21(25(2,23)24)14-8-10-20(11-9-14)17(22)7-5-13-4-6-15(18)16(19)12-13/h4-7,12,14H,3,8-11H2,1-2H3/b7-5+. The summed E-state index contributed by atoms with van der Waals surface area (Å²) in [4.78, 5) is 14.1. The molecule has 1 heterocycles. The Balaban J connectivity index is 1.95. The van der Waals surface area contributed by atoms with Crippen LogP contribution in [0.25, 0.3) is 6.08 Å². The molecule has 0 N–H and O–H groups in total. The molecule has 0 unspecified atom stereocenters. The van der Waals surface area contributed by atoms with Gasteiger partial charge in [-0.2, -0.15) is 4.31 Å². The van der Waals surface area contributed by atoms with Crippen LogP contribution in [-0.4, -0.2) is 55.5 Å². The van der Waals surface area contributed by atoms with E-state index in [9.17, 15) is 13.2 Å². The summed E-state index contributed by atoms with van der Waals surface area (Å²) in [6.07, 6.45) is 5.73. The number of benzene rings is 1. The molecule has 1 aliphatic rings. The maximum atomic E-state index is 12.3. The number of halogens is 2. The summed E-state index contributed by atoms with van der Waals surface area (Å²) in [6, 6.07) is 5.13. The molecule has 1 saturated heterocycles. The van der Waals surface area contributed by atoms with Crippen LogP contribution in [0.4, 0.5) is 0 Å². The van der Waals surface area contributed by atoms with Gasteiger partial charge in [-0.15, -0.1) is 0 Å². The monoisotopic (exact) mass is 404 g/mol. The Hall–Kier alpha value is -1.08. The number of sulfonamides is 1. The topological polar surface area (TPSA) is 57.7 Å². The van der Waals surface area contributed by atoms with Gasteiger partial charge in [-0.3, -0.25) is 4.79 Å². The van der Waals surface area contributed by atoms with Crippen LogP contribution in [0, 0.1) is 0 Å². The maximum absolute atomic E-state index is 12.3. The van der Waals surface area contributed by atoms with Crippen LogP contribution in [-0.2, 0) is 14.8 Å². The Morgan fingerprint density at radius 2 is 1.92 bits per heavy atom. The minimum absolute atomic E-state index is 0.0388. The first-order valence-corrected chi connectivity index (χ1v) is 10.7. The molecule has 1 amide bonds. The number of hydrogen-bond acceptors (Lipinski definition) is 3. The molecule has 25 heavy (non-hydrogen) atoms. The normalized spacial score (nSPS) is 16.8. The highest BCUT2D eigenvalue weighted by molar-refractivity contribution is 7.88. The average Bonchev–Trinajstić information content (AvgIpc) is 2.55. The van der Waals surface area contributed by atoms with Gasteiger partial charge < -0.3 is 4.90 Å². The van der Waals surface area contributed by atoms with Gasteiger partial charge in [0.1, 0.15) is 0 Å². The van der Waals surface area contributed by atoms with Crippen LogP contribution in [0.15, 0.2) is 24.3 Å². The van der Waals surface area contributed by atoms with Gasteiger partial charge in [-0.25, -0.2) is 8.42 Å². The second-order valence-electron chi connectivity index (χ2n) is 6.03. The first-order valence-electron chi connectivity index (χ1n) is 8.11. The lowest BCUT2D eigenvalue weighted by atomic mass is 10.0. The van der Waals surface area contributed by atoms with Gasteiger partial charge in [-0.05, 0) is 36.6 Å². The van der Waals surface area contributed by atoms with Crippen molar-refractivity contribution in [2.24, 2.45) is 0 Å². The Kier molecular flexibility index (Phi) is 6.91. The van der Waals surface area contributed by atoms with Gasteiger partial charge in [0.25, 0.3) is 0 Å². The predicted octanol–water partition coefficient (Wildman–Crippen LogP) is 3.28. The second kappa shape index (κ2) is 8.54. The van der Waals surface area contributed by atoms with Gasteiger partial charge >= 0.3 is 0 Å². The smallest absolute Gasteiger partial charge is 0.246 e. The summed E-state index contributed by atoms with van der Waals surface area (Å²) >= 11 is 11.8. The van der Waals surface area contributed by atoms with E-state index in [1.54, 1.807) is 29.2 Å². The average molecular weight is 405 g/mol. The maximum Gasteiger partial charge on any atom is 0.246 e. The van der Waals surface area contributed by atoms with Crippen molar-refractivity contribution in [2.45, 2.75) is 25.8 Å². The SMILES string of the molecule is CCN(C1CCN(C(=O)/C=C/c2ccc(Cl)c(Cl)c2)CC1)S(C)(=O)=O. The minimum atomic E-state index is -3.21. The summed E-state index contributed by atoms with van der Waals surface area (Å²) in [5, 5.41) is 0.913. The minimum Gasteiger partial charge on any atom is -0.339 e. The van der Waals surface area contributed by atoms with Crippen molar-refractivity contribution in [3.8, 4) is 0 Å². The Labute approximate surface area is 159 Å². The molecule has 0 radical (unpaired) electrons. The van der Waals surface area contributed by atoms with Gasteiger partial charge in [0.05, 0.1) is 16.3 Å². The van der Waals surface area contributed by atoms with Crippen molar-refractivity contribution in [1.82, 2.24) is 9.21 Å². The summed E-state index contributed by atoms with van der Waals surface area (Å²) < 4.78 is 25.1. The molecule has 0 aromatic heterocycles. The van der Waals surface area contributed by atoms with E-state index >= 15 is 0 Å². The van der Waals surface area contributed by atoms with Crippen LogP contribution in [0.1, 0.15) is 25.3 Å². The lowest BCUT2D eigenvalue weighted by molar-refractivity contribution is -0.127. The zero-order valence-corrected chi connectivity index (χ0v) is 16.6. The van der Waals surface area contributed by atoms with E-state index in [-0.39, 0.29) is 11.9 Å². The number of carbonyl (C=O) groups is 1. The lowest BCUT2D eigenvalue weighted by Gasteiger charge is -2.36. The molecule has 5 nitrogen and oxygen atoms in total. The summed E-state index contributed by atoms with van der Waals surface area (Å²) in [7, 11) is -3.21. The third-order valence-electron chi connectivity index (χ3n) is 4.28. The molecule has 0 aliphatic carbocycles. The molecule has 0 bridgehead atoms. The van der Waals surface area contributed by atoms with Crippen LogP contribution in [0.3, 0.4) is 0 Å². The van der Waals surface area contributed by atoms with E-state index in [0.29, 0.717) is 42.5 Å². The van der Waals surface area contributed by atoms with Crippen molar-refractivity contribution in [3.05, 3.63) is 39.9 Å². The largest absolute Gasteiger partial charge is 0.339 e. The van der Waals surface area contributed by atoms with Crippen molar-refractivity contribution in [2.75, 3.05) is 25.9 Å². The predicted molar refractivity (Wildman–Crippen MR) is 102 cm³/mol. The highest BCUT2D eigenvalue weighted by Gasteiger charge is 2.29. The molecule has 0 saturated carbocycles. The first kappa shape index (κ1) is 20.2. The Morgan fingerprint density at radius 1 is 1.28 bits per heavy atom. The molecule has 1 aromatic carbocycles. The number of hydrogen-bond donors (Lipinski definition) is 0. The molecular formula is C17H22Cl2N2O3S. The van der Waals surface area contributed by atoms with E-state index in [0.717, 1.165) is 5.56 Å². The number of likely N-dealkylation sites (tertiary alicyclic amines) is 1. The Morgan fingerprint density at radius 3 is 2.44 bits per heavy atom. The number of carbonyl (C=O) groups excluding carboxylic acids is 1. The zero-order chi connectivity index (χ0) is 18.6. The van der Waals surface area contributed by atoms with Gasteiger partial charge in [0.15, 0.2) is 0 Å². The third-order valence-corrected chi connectivity index (χ3v) is 6.43. The van der Waals surface area contributed by atoms with Crippen molar-refractivity contribution >= 4 is 45.2 Å². The van der Waals surface area contributed by atoms with Crippen LogP contribution >= 0.6 is 23.2 Å². The molecule has 1 aromatic rings. The van der Waals surface area contributed by atoms with E-state index in [1.807, 2.05) is 6.92 Å². The van der Waals surface area contributed by atoms with Crippen LogP contribution in [0.5, 0.6) is 0 Å². The van der Waals surface area contributed by atoms with Crippen molar-refractivity contribution in [1.29, 1.82) is 0 Å². The number of nitrogens with zero attached hydrogens (tertiary/aromatic N) is 2. The number of amides is 1. The van der Waals surface area contributed by atoms with E-state index in [2.05, 4.69) is 0 Å². The quantitative estimate of drug-likeness (QED) is 0.707. The Bertz CT molecular complexity index is 757. The van der Waals surface area contributed by atoms with Crippen LogP contribution in [0.2, 0.25) is 10.0 Å². The molecule has 138 valence electrons. The summed E-state index contributed by atoms with van der Waals surface area (Å²) in [6.45, 7) is 3.37. The fraction of sp³-hybridized carbons (Fsp3) is 0.471. The fourth-order valence-corrected chi connectivity index (χ4v) is 4.55. The van der Waals surface area contributed by atoms with E-state index < -0.39 is 10.0 Å². The molecule has 0 atom stereocenters.